The zero-order valence-corrected chi connectivity index (χ0v) is 16.0. The van der Waals surface area contributed by atoms with E-state index in [0.29, 0.717) is 11.1 Å². The molecular formula is C21H21NO7. The van der Waals surface area contributed by atoms with Gasteiger partial charge in [0.05, 0.1) is 12.7 Å². The second-order valence-corrected chi connectivity index (χ2v) is 6.36. The minimum Gasteiger partial charge on any atom is -0.508 e. The number of aromatic hydroxyl groups is 2. The van der Waals surface area contributed by atoms with Crippen LogP contribution in [0.5, 0.6) is 11.5 Å². The number of esters is 1. The van der Waals surface area contributed by atoms with E-state index in [0.717, 1.165) is 12.0 Å². The van der Waals surface area contributed by atoms with E-state index in [9.17, 15) is 24.9 Å². The summed E-state index contributed by atoms with van der Waals surface area (Å²) < 4.78 is 10.1. The lowest BCUT2D eigenvalue weighted by molar-refractivity contribution is -0.183. The first-order valence-corrected chi connectivity index (χ1v) is 8.88. The van der Waals surface area contributed by atoms with Crippen molar-refractivity contribution in [3.05, 3.63) is 59.7 Å². The van der Waals surface area contributed by atoms with Crippen LogP contribution in [-0.4, -0.2) is 58.3 Å². The summed E-state index contributed by atoms with van der Waals surface area (Å²) in [5, 5.41) is 30.7. The van der Waals surface area contributed by atoms with E-state index in [1.807, 2.05) is 0 Å². The summed E-state index contributed by atoms with van der Waals surface area (Å²) in [6.45, 7) is 1.63. The Labute approximate surface area is 167 Å². The van der Waals surface area contributed by atoms with Crippen LogP contribution in [0, 0.1) is 0 Å². The Balaban J connectivity index is 2.31. The predicted molar refractivity (Wildman–Crippen MR) is 103 cm³/mol. The minimum absolute atomic E-state index is 0.000238. The Morgan fingerprint density at radius 3 is 2.00 bits per heavy atom. The third-order valence-corrected chi connectivity index (χ3v) is 4.65. The van der Waals surface area contributed by atoms with Gasteiger partial charge in [-0.1, -0.05) is 24.3 Å². The molecule has 0 saturated heterocycles. The van der Waals surface area contributed by atoms with Crippen LogP contribution in [0.2, 0.25) is 0 Å². The summed E-state index contributed by atoms with van der Waals surface area (Å²) >= 11 is 0. The van der Waals surface area contributed by atoms with Gasteiger partial charge < -0.3 is 24.8 Å². The summed E-state index contributed by atoms with van der Waals surface area (Å²) in [6, 6.07) is 11.5. The molecule has 0 radical (unpaired) electrons. The summed E-state index contributed by atoms with van der Waals surface area (Å²) in [5.41, 5.74) is -1.66. The van der Waals surface area contributed by atoms with Crippen molar-refractivity contribution in [3.63, 3.8) is 0 Å². The van der Waals surface area contributed by atoms with E-state index >= 15 is 0 Å². The normalized spacial score (nSPS) is 19.0. The number of ether oxygens (including phenoxy) is 2. The number of carbonyl (C=O) groups excluding carboxylic acids is 2. The van der Waals surface area contributed by atoms with Gasteiger partial charge in [0.2, 0.25) is 0 Å². The first-order valence-electron chi connectivity index (χ1n) is 8.88. The molecule has 152 valence electrons. The van der Waals surface area contributed by atoms with E-state index in [4.69, 9.17) is 9.47 Å². The van der Waals surface area contributed by atoms with Crippen molar-refractivity contribution in [2.24, 2.45) is 0 Å². The van der Waals surface area contributed by atoms with Crippen molar-refractivity contribution in [1.29, 1.82) is 0 Å². The van der Waals surface area contributed by atoms with E-state index in [2.05, 4.69) is 0 Å². The topological polar surface area (TPSA) is 117 Å². The Hall–Kier alpha value is -3.36. The fourth-order valence-corrected chi connectivity index (χ4v) is 3.26. The molecule has 1 aliphatic heterocycles. The van der Waals surface area contributed by atoms with E-state index in [1.54, 1.807) is 6.92 Å². The number of methoxy groups -OCH3 is 1. The highest BCUT2D eigenvalue weighted by Crippen LogP contribution is 2.45. The molecule has 2 aromatic carbocycles. The van der Waals surface area contributed by atoms with Gasteiger partial charge in [-0.3, -0.25) is 9.69 Å². The van der Waals surface area contributed by atoms with Crippen LogP contribution in [0.4, 0.5) is 0 Å². The third-order valence-electron chi connectivity index (χ3n) is 4.65. The number of hydrogen-bond acceptors (Lipinski definition) is 7. The van der Waals surface area contributed by atoms with Crippen LogP contribution in [-0.2, 0) is 19.1 Å². The van der Waals surface area contributed by atoms with Crippen molar-refractivity contribution in [1.82, 2.24) is 4.90 Å². The molecule has 0 unspecified atom stereocenters. The van der Waals surface area contributed by atoms with E-state index < -0.39 is 17.6 Å². The van der Waals surface area contributed by atoms with Gasteiger partial charge in [0.1, 0.15) is 18.2 Å². The molecule has 8 heteroatoms. The Kier molecular flexibility index (Phi) is 5.58. The number of phenolic OH excluding ortho intramolecular Hbond substituents is 2. The molecule has 8 nitrogen and oxygen atoms in total. The van der Waals surface area contributed by atoms with Crippen molar-refractivity contribution < 1.29 is 34.4 Å². The average molecular weight is 399 g/mol. The third kappa shape index (κ3) is 3.43. The van der Waals surface area contributed by atoms with Gasteiger partial charge in [0.15, 0.2) is 0 Å². The Morgan fingerprint density at radius 2 is 1.52 bits per heavy atom. The molecule has 1 atom stereocenters. The molecule has 0 fully saturated rings. The molecular weight excluding hydrogens is 378 g/mol. The number of amides is 1. The van der Waals surface area contributed by atoms with Crippen molar-refractivity contribution in [2.75, 3.05) is 20.4 Å². The lowest BCUT2D eigenvalue weighted by Crippen LogP contribution is -2.55. The number of hydrogen-bond donors (Lipinski definition) is 3. The van der Waals surface area contributed by atoms with Crippen LogP contribution in [0.25, 0.3) is 11.1 Å². The quantitative estimate of drug-likeness (QED) is 0.633. The fourth-order valence-electron chi connectivity index (χ4n) is 3.26. The minimum atomic E-state index is -2.44. The fraction of sp³-hybridized carbons (Fsp3) is 0.238. The number of rotatable bonds is 6. The molecule has 3 N–H and O–H groups in total. The Bertz CT molecular complexity index is 950. The van der Waals surface area contributed by atoms with Gasteiger partial charge >= 0.3 is 5.97 Å². The summed E-state index contributed by atoms with van der Waals surface area (Å²) in [7, 11) is 1.11. The Morgan fingerprint density at radius 1 is 1.00 bits per heavy atom. The zero-order chi connectivity index (χ0) is 21.2. The maximum Gasteiger partial charge on any atom is 0.364 e. The largest absolute Gasteiger partial charge is 0.508 e. The monoisotopic (exact) mass is 399 g/mol. The van der Waals surface area contributed by atoms with Gasteiger partial charge in [-0.15, -0.1) is 0 Å². The summed E-state index contributed by atoms with van der Waals surface area (Å²) in [4.78, 5) is 26.9. The maximum absolute atomic E-state index is 13.3. The van der Waals surface area contributed by atoms with Crippen LogP contribution in [0.3, 0.4) is 0 Å². The highest BCUT2D eigenvalue weighted by atomic mass is 16.6. The molecule has 2 aromatic rings. The van der Waals surface area contributed by atoms with Crippen LogP contribution in [0.15, 0.2) is 48.5 Å². The highest BCUT2D eigenvalue weighted by Gasteiger charge is 2.57. The molecule has 0 spiro atoms. The molecule has 3 rings (SSSR count). The molecule has 0 aliphatic carbocycles. The number of nitrogens with zero attached hydrogens (tertiary/aromatic N) is 1. The average Bonchev–Trinajstić information content (AvgIpc) is 2.94. The maximum atomic E-state index is 13.3. The molecule has 1 heterocycles. The first kappa shape index (κ1) is 20.4. The van der Waals surface area contributed by atoms with Crippen LogP contribution >= 0.6 is 0 Å². The van der Waals surface area contributed by atoms with Gasteiger partial charge in [-0.2, -0.15) is 0 Å². The van der Waals surface area contributed by atoms with Gasteiger partial charge in [0.25, 0.3) is 11.6 Å². The summed E-state index contributed by atoms with van der Waals surface area (Å²) in [5.74, 6) is -1.71. The second-order valence-electron chi connectivity index (χ2n) is 6.36. The van der Waals surface area contributed by atoms with E-state index in [-0.39, 0.29) is 36.0 Å². The molecule has 1 amide bonds. The SMILES string of the molecule is CCOCN1C(=O)C(c2ccc(O)cc2)=C(c2ccc(O)cc2)[C@]1(O)C(=O)OC. The lowest BCUT2D eigenvalue weighted by atomic mass is 9.90. The van der Waals surface area contributed by atoms with Gasteiger partial charge in [-0.25, -0.2) is 4.79 Å². The first-order chi connectivity index (χ1) is 13.8. The van der Waals surface area contributed by atoms with Gasteiger partial charge in [0, 0.05) is 12.2 Å². The standard InChI is InChI=1S/C21H21NO7/c1-3-29-12-22-19(25)17(13-4-8-15(23)9-5-13)18(21(22,27)20(26)28-2)14-6-10-16(24)11-7-14/h4-11,23-24,27H,3,12H2,1-2H3/t21-/m0/s1. The molecule has 0 bridgehead atoms. The smallest absolute Gasteiger partial charge is 0.364 e. The van der Waals surface area contributed by atoms with Gasteiger partial charge in [-0.05, 0) is 42.3 Å². The predicted octanol–water partition coefficient (Wildman–Crippen LogP) is 1.71. The number of carbonyl (C=O) groups is 2. The van der Waals surface area contributed by atoms with E-state index in [1.165, 1.54) is 48.5 Å². The number of phenols is 2. The summed E-state index contributed by atoms with van der Waals surface area (Å²) in [6.07, 6.45) is 0. The zero-order valence-electron chi connectivity index (χ0n) is 16.0. The van der Waals surface area contributed by atoms with Crippen molar-refractivity contribution in [2.45, 2.75) is 12.6 Å². The highest BCUT2D eigenvalue weighted by molar-refractivity contribution is 6.34. The number of aliphatic hydroxyl groups is 1. The van der Waals surface area contributed by atoms with Crippen LogP contribution < -0.4 is 0 Å². The molecule has 0 saturated carbocycles. The van der Waals surface area contributed by atoms with Crippen molar-refractivity contribution >= 4 is 23.0 Å². The lowest BCUT2D eigenvalue weighted by Gasteiger charge is -2.33. The molecule has 1 aliphatic rings. The molecule has 29 heavy (non-hydrogen) atoms. The second kappa shape index (κ2) is 7.94. The molecule has 0 aromatic heterocycles. The van der Waals surface area contributed by atoms with Crippen molar-refractivity contribution in [3.8, 4) is 11.5 Å². The number of benzene rings is 2. The van der Waals surface area contributed by atoms with Crippen LogP contribution in [0.1, 0.15) is 18.1 Å².